The highest BCUT2D eigenvalue weighted by Gasteiger charge is 2.52. The van der Waals surface area contributed by atoms with Crippen molar-refractivity contribution in [2.24, 2.45) is 5.92 Å². The van der Waals surface area contributed by atoms with Gasteiger partial charge in [0.1, 0.15) is 6.17 Å². The Hall–Kier alpha value is -0.870. The van der Waals surface area contributed by atoms with Crippen LogP contribution in [0.4, 0.5) is 0 Å². The first kappa shape index (κ1) is 15.0. The monoisotopic (exact) mass is 306 g/mol. The van der Waals surface area contributed by atoms with Crippen molar-refractivity contribution >= 4 is 17.2 Å². The summed E-state index contributed by atoms with van der Waals surface area (Å²) in [5, 5.41) is 3.71. The van der Waals surface area contributed by atoms with Crippen molar-refractivity contribution in [2.45, 2.75) is 64.6 Å². The Morgan fingerprint density at radius 2 is 2.14 bits per heavy atom. The second-order valence-electron chi connectivity index (χ2n) is 6.76. The molecule has 116 valence electrons. The summed E-state index contributed by atoms with van der Waals surface area (Å²) in [6.07, 6.45) is 5.56. The average molecular weight is 306 g/mol. The molecule has 2 heterocycles. The van der Waals surface area contributed by atoms with Gasteiger partial charge in [0.25, 0.3) is 0 Å². The number of thiophene rings is 1. The number of carbonyl (C=O) groups is 1. The Bertz CT molecular complexity index is 519. The van der Waals surface area contributed by atoms with Gasteiger partial charge in [-0.3, -0.25) is 10.1 Å². The van der Waals surface area contributed by atoms with Gasteiger partial charge in [-0.25, -0.2) is 0 Å². The summed E-state index contributed by atoms with van der Waals surface area (Å²) in [4.78, 5) is 17.8. The van der Waals surface area contributed by atoms with E-state index in [9.17, 15) is 4.79 Å². The lowest BCUT2D eigenvalue weighted by Crippen LogP contribution is -2.44. The Kier molecular flexibility index (Phi) is 4.10. The molecule has 2 aliphatic rings. The number of nitrogens with one attached hydrogen (secondary N) is 1. The van der Waals surface area contributed by atoms with Crippen LogP contribution in [0.25, 0.3) is 0 Å². The molecule has 2 fully saturated rings. The predicted molar refractivity (Wildman–Crippen MR) is 87.3 cm³/mol. The maximum atomic E-state index is 13.0. The molecule has 2 unspecified atom stereocenters. The largest absolute Gasteiger partial charge is 0.320 e. The fourth-order valence-electron chi connectivity index (χ4n) is 3.61. The van der Waals surface area contributed by atoms with E-state index in [0.29, 0.717) is 11.8 Å². The number of hydrogen-bond acceptors (Lipinski definition) is 3. The Morgan fingerprint density at radius 3 is 2.71 bits per heavy atom. The second kappa shape index (κ2) is 5.73. The molecule has 2 atom stereocenters. The van der Waals surface area contributed by atoms with Crippen molar-refractivity contribution in [3.8, 4) is 0 Å². The van der Waals surface area contributed by atoms with Crippen LogP contribution in [0.15, 0.2) is 12.1 Å². The molecule has 3 nitrogen and oxygen atoms in total. The Balaban J connectivity index is 1.89. The third-order valence-electron chi connectivity index (χ3n) is 5.09. The molecule has 1 aromatic rings. The van der Waals surface area contributed by atoms with E-state index in [1.165, 1.54) is 22.6 Å². The van der Waals surface area contributed by atoms with Crippen LogP contribution < -0.4 is 5.32 Å². The molecule has 1 amide bonds. The van der Waals surface area contributed by atoms with Gasteiger partial charge in [-0.2, -0.15) is 0 Å². The predicted octanol–water partition coefficient (Wildman–Crippen LogP) is 3.85. The van der Waals surface area contributed by atoms with Gasteiger partial charge in [0.05, 0.1) is 5.54 Å². The maximum absolute atomic E-state index is 13.0. The summed E-state index contributed by atoms with van der Waals surface area (Å²) in [7, 11) is 0. The zero-order chi connectivity index (χ0) is 15.0. The minimum Gasteiger partial charge on any atom is -0.320 e. The van der Waals surface area contributed by atoms with Crippen LogP contribution >= 0.6 is 11.3 Å². The highest BCUT2D eigenvalue weighted by atomic mass is 32.1. The molecule has 1 N–H and O–H groups in total. The Labute approximate surface area is 131 Å². The first-order chi connectivity index (χ1) is 10.1. The Morgan fingerprint density at radius 1 is 1.43 bits per heavy atom. The third kappa shape index (κ3) is 2.64. The van der Waals surface area contributed by atoms with Gasteiger partial charge in [-0.15, -0.1) is 11.3 Å². The van der Waals surface area contributed by atoms with Gasteiger partial charge in [0.2, 0.25) is 5.91 Å². The van der Waals surface area contributed by atoms with E-state index >= 15 is 0 Å². The smallest absolute Gasteiger partial charge is 0.244 e. The lowest BCUT2D eigenvalue weighted by molar-refractivity contribution is -0.133. The molecule has 0 radical (unpaired) electrons. The van der Waals surface area contributed by atoms with Gasteiger partial charge in [0.15, 0.2) is 0 Å². The van der Waals surface area contributed by atoms with Crippen LogP contribution in [-0.4, -0.2) is 22.9 Å². The second-order valence-corrected chi connectivity index (χ2v) is 8.07. The summed E-state index contributed by atoms with van der Waals surface area (Å²) < 4.78 is 0. The molecule has 4 heteroatoms. The van der Waals surface area contributed by atoms with E-state index in [4.69, 9.17) is 0 Å². The minimum atomic E-state index is -0.268. The molecule has 0 aromatic carbocycles. The molecule has 1 aromatic heterocycles. The SMILES string of the molecule is CCC(C)CN1C(=O)C2(CCCC2)NC1c1ccc(C)s1. The lowest BCUT2D eigenvalue weighted by Gasteiger charge is -2.26. The van der Waals surface area contributed by atoms with Crippen LogP contribution in [0.3, 0.4) is 0 Å². The van der Waals surface area contributed by atoms with Gasteiger partial charge in [-0.05, 0) is 37.8 Å². The van der Waals surface area contributed by atoms with Crippen molar-refractivity contribution in [2.75, 3.05) is 6.54 Å². The van der Waals surface area contributed by atoms with Crippen LogP contribution in [0.1, 0.15) is 61.9 Å². The molecule has 1 spiro atoms. The van der Waals surface area contributed by atoms with Crippen LogP contribution in [0.2, 0.25) is 0 Å². The number of nitrogens with zero attached hydrogens (tertiary/aromatic N) is 1. The molecule has 1 saturated carbocycles. The fourth-order valence-corrected chi connectivity index (χ4v) is 4.55. The van der Waals surface area contributed by atoms with E-state index in [1.807, 2.05) is 11.3 Å². The van der Waals surface area contributed by atoms with E-state index < -0.39 is 0 Å². The fraction of sp³-hybridized carbons (Fsp3) is 0.706. The minimum absolute atomic E-state index is 0.0864. The van der Waals surface area contributed by atoms with Gasteiger partial charge in [0, 0.05) is 16.3 Å². The quantitative estimate of drug-likeness (QED) is 0.916. The molecule has 3 rings (SSSR count). The number of hydrogen-bond donors (Lipinski definition) is 1. The van der Waals surface area contributed by atoms with Crippen LogP contribution in [-0.2, 0) is 4.79 Å². The number of aryl methyl sites for hydroxylation is 1. The van der Waals surface area contributed by atoms with Crippen molar-refractivity contribution in [3.05, 3.63) is 21.9 Å². The highest BCUT2D eigenvalue weighted by molar-refractivity contribution is 7.12. The standard InChI is InChI=1S/C17H26N2OS/c1-4-12(2)11-19-15(14-8-7-13(3)21-14)18-17(16(19)20)9-5-6-10-17/h7-8,12,15,18H,4-6,9-11H2,1-3H3. The highest BCUT2D eigenvalue weighted by Crippen LogP contribution is 2.42. The van der Waals surface area contributed by atoms with E-state index in [1.54, 1.807) is 0 Å². The summed E-state index contributed by atoms with van der Waals surface area (Å²) in [5.74, 6) is 0.896. The van der Waals surface area contributed by atoms with Crippen molar-refractivity contribution in [1.82, 2.24) is 10.2 Å². The van der Waals surface area contributed by atoms with Crippen molar-refractivity contribution < 1.29 is 4.79 Å². The topological polar surface area (TPSA) is 32.3 Å². The number of rotatable bonds is 4. The number of carbonyl (C=O) groups excluding carboxylic acids is 1. The van der Waals surface area contributed by atoms with Crippen LogP contribution in [0.5, 0.6) is 0 Å². The zero-order valence-electron chi connectivity index (χ0n) is 13.3. The molecular weight excluding hydrogens is 280 g/mol. The molecule has 21 heavy (non-hydrogen) atoms. The normalized spacial score (nSPS) is 26.0. The summed E-state index contributed by atoms with van der Waals surface area (Å²) in [5.41, 5.74) is -0.268. The van der Waals surface area contributed by atoms with Crippen molar-refractivity contribution in [3.63, 3.8) is 0 Å². The third-order valence-corrected chi connectivity index (χ3v) is 6.14. The average Bonchev–Trinajstić information content (AvgIpc) is 3.16. The lowest BCUT2D eigenvalue weighted by atomic mass is 9.97. The summed E-state index contributed by atoms with van der Waals surface area (Å²) in [6, 6.07) is 4.34. The van der Waals surface area contributed by atoms with Gasteiger partial charge >= 0.3 is 0 Å². The number of amides is 1. The van der Waals surface area contributed by atoms with E-state index in [-0.39, 0.29) is 11.7 Å². The molecule has 1 saturated heterocycles. The van der Waals surface area contributed by atoms with Gasteiger partial charge in [-0.1, -0.05) is 33.1 Å². The van der Waals surface area contributed by atoms with E-state index in [2.05, 4.69) is 43.1 Å². The van der Waals surface area contributed by atoms with Crippen molar-refractivity contribution in [1.29, 1.82) is 0 Å². The zero-order valence-corrected chi connectivity index (χ0v) is 14.1. The first-order valence-corrected chi connectivity index (χ1v) is 9.02. The summed E-state index contributed by atoms with van der Waals surface area (Å²) >= 11 is 1.81. The first-order valence-electron chi connectivity index (χ1n) is 8.21. The van der Waals surface area contributed by atoms with E-state index in [0.717, 1.165) is 25.8 Å². The van der Waals surface area contributed by atoms with Gasteiger partial charge < -0.3 is 4.90 Å². The maximum Gasteiger partial charge on any atom is 0.244 e. The molecule has 1 aliphatic carbocycles. The molecule has 0 bridgehead atoms. The van der Waals surface area contributed by atoms with Crippen LogP contribution in [0, 0.1) is 12.8 Å². The summed E-state index contributed by atoms with van der Waals surface area (Å²) in [6.45, 7) is 7.44. The molecular formula is C17H26N2OS. The molecule has 1 aliphatic heterocycles.